The first-order chi connectivity index (χ1) is 9.15. The molecule has 0 spiro atoms. The van der Waals surface area contributed by atoms with Crippen LogP contribution in [0.3, 0.4) is 0 Å². The van der Waals surface area contributed by atoms with Crippen LogP contribution in [0.4, 0.5) is 5.69 Å². The minimum Gasteiger partial charge on any atom is -0.397 e. The molecule has 6 heteroatoms. The molecule has 0 radical (unpaired) electrons. The Morgan fingerprint density at radius 2 is 2.32 bits per heavy atom. The average molecular weight is 299 g/mol. The molecule has 0 saturated carbocycles. The standard InChI is InChI=1S/C13H15ClN2O2S/c1-18-7-3-6-16-13(17)12-11(15)10-8(14)4-2-5-9(10)19-12/h2,4-5H,3,6-7,15H2,1H3,(H,16,17). The van der Waals surface area contributed by atoms with Crippen LogP contribution >= 0.6 is 22.9 Å². The normalized spacial score (nSPS) is 10.8. The monoisotopic (exact) mass is 298 g/mol. The van der Waals surface area contributed by atoms with Crippen molar-refractivity contribution in [2.75, 3.05) is 26.0 Å². The van der Waals surface area contributed by atoms with Gasteiger partial charge in [0.15, 0.2) is 0 Å². The number of thiophene rings is 1. The lowest BCUT2D eigenvalue weighted by Crippen LogP contribution is -2.25. The van der Waals surface area contributed by atoms with Gasteiger partial charge in [-0.3, -0.25) is 4.79 Å². The lowest BCUT2D eigenvalue weighted by Gasteiger charge is -2.03. The quantitative estimate of drug-likeness (QED) is 0.834. The Hall–Kier alpha value is -1.30. The van der Waals surface area contributed by atoms with Crippen LogP contribution < -0.4 is 11.1 Å². The topological polar surface area (TPSA) is 64.3 Å². The third-order valence-electron chi connectivity index (χ3n) is 2.72. The molecule has 0 bridgehead atoms. The van der Waals surface area contributed by atoms with Gasteiger partial charge >= 0.3 is 0 Å². The van der Waals surface area contributed by atoms with E-state index in [9.17, 15) is 4.79 Å². The molecule has 2 aromatic rings. The summed E-state index contributed by atoms with van der Waals surface area (Å²) in [5.74, 6) is -0.161. The fourth-order valence-electron chi connectivity index (χ4n) is 1.80. The highest BCUT2D eigenvalue weighted by Gasteiger charge is 2.17. The predicted molar refractivity (Wildman–Crippen MR) is 80.1 cm³/mol. The number of hydrogen-bond acceptors (Lipinski definition) is 4. The number of amides is 1. The van der Waals surface area contributed by atoms with Gasteiger partial charge in [0.2, 0.25) is 0 Å². The summed E-state index contributed by atoms with van der Waals surface area (Å²) >= 11 is 7.46. The first kappa shape index (κ1) is 14.1. The number of carbonyl (C=O) groups excluding carboxylic acids is 1. The molecule has 1 amide bonds. The zero-order valence-electron chi connectivity index (χ0n) is 10.5. The third kappa shape index (κ3) is 3.00. The number of hydrogen-bond donors (Lipinski definition) is 2. The molecule has 0 aliphatic heterocycles. The number of methoxy groups -OCH3 is 1. The Morgan fingerprint density at radius 3 is 3.00 bits per heavy atom. The zero-order chi connectivity index (χ0) is 13.8. The van der Waals surface area contributed by atoms with Crippen molar-refractivity contribution >= 4 is 44.6 Å². The van der Waals surface area contributed by atoms with Crippen LogP contribution in [0.25, 0.3) is 10.1 Å². The molecule has 2 rings (SSSR count). The average Bonchev–Trinajstić information content (AvgIpc) is 2.73. The second kappa shape index (κ2) is 6.23. The number of halogens is 1. The van der Waals surface area contributed by atoms with E-state index in [4.69, 9.17) is 22.1 Å². The van der Waals surface area contributed by atoms with Crippen LogP contribution in [-0.2, 0) is 4.74 Å². The Balaban J connectivity index is 2.18. The number of rotatable bonds is 5. The SMILES string of the molecule is COCCCNC(=O)c1sc2cccc(Cl)c2c1N. The van der Waals surface area contributed by atoms with Crippen LogP contribution in [0.5, 0.6) is 0 Å². The van der Waals surface area contributed by atoms with Crippen LogP contribution in [0, 0.1) is 0 Å². The minimum atomic E-state index is -0.161. The van der Waals surface area contributed by atoms with Gasteiger partial charge in [-0.15, -0.1) is 11.3 Å². The maximum Gasteiger partial charge on any atom is 0.263 e. The lowest BCUT2D eigenvalue weighted by molar-refractivity contribution is 0.0953. The van der Waals surface area contributed by atoms with Crippen molar-refractivity contribution in [2.24, 2.45) is 0 Å². The third-order valence-corrected chi connectivity index (χ3v) is 4.20. The maximum absolute atomic E-state index is 12.0. The van der Waals surface area contributed by atoms with Crippen LogP contribution in [0.2, 0.25) is 5.02 Å². The minimum absolute atomic E-state index is 0.161. The molecule has 0 aliphatic carbocycles. The molecule has 0 aliphatic rings. The summed E-state index contributed by atoms with van der Waals surface area (Å²) in [6.45, 7) is 1.18. The molecule has 0 saturated heterocycles. The Bertz CT molecular complexity index is 598. The number of nitrogen functional groups attached to an aromatic ring is 1. The van der Waals surface area contributed by atoms with Crippen LogP contribution in [-0.4, -0.2) is 26.2 Å². The van der Waals surface area contributed by atoms with Gasteiger partial charge in [-0.2, -0.15) is 0 Å². The van der Waals surface area contributed by atoms with Crippen LogP contribution in [0.1, 0.15) is 16.1 Å². The fraction of sp³-hybridized carbons (Fsp3) is 0.308. The zero-order valence-corrected chi connectivity index (χ0v) is 12.1. The Labute approximate surface area is 120 Å². The number of carbonyl (C=O) groups is 1. The molecular formula is C13H15ClN2O2S. The summed E-state index contributed by atoms with van der Waals surface area (Å²) in [4.78, 5) is 12.6. The van der Waals surface area contributed by atoms with Gasteiger partial charge in [-0.05, 0) is 18.6 Å². The molecule has 4 nitrogen and oxygen atoms in total. The van der Waals surface area contributed by atoms with Gasteiger partial charge in [0.1, 0.15) is 4.88 Å². The summed E-state index contributed by atoms with van der Waals surface area (Å²) in [5.41, 5.74) is 6.47. The summed E-state index contributed by atoms with van der Waals surface area (Å²) in [6.07, 6.45) is 0.772. The van der Waals surface area contributed by atoms with Gasteiger partial charge < -0.3 is 15.8 Å². The summed E-state index contributed by atoms with van der Waals surface area (Å²) in [6, 6.07) is 5.53. The highest BCUT2D eigenvalue weighted by atomic mass is 35.5. The van der Waals surface area contributed by atoms with E-state index in [1.807, 2.05) is 12.1 Å². The largest absolute Gasteiger partial charge is 0.397 e. The highest BCUT2D eigenvalue weighted by molar-refractivity contribution is 7.21. The van der Waals surface area contributed by atoms with E-state index < -0.39 is 0 Å². The van der Waals surface area contributed by atoms with Crippen molar-refractivity contribution in [1.82, 2.24) is 5.32 Å². The number of anilines is 1. The van der Waals surface area contributed by atoms with Crippen molar-refractivity contribution in [3.05, 3.63) is 28.1 Å². The second-order valence-corrected chi connectivity index (χ2v) is 5.52. The van der Waals surface area contributed by atoms with E-state index in [0.717, 1.165) is 16.5 Å². The summed E-state index contributed by atoms with van der Waals surface area (Å²) in [7, 11) is 1.63. The van der Waals surface area contributed by atoms with E-state index in [0.29, 0.717) is 28.7 Å². The lowest BCUT2D eigenvalue weighted by atomic mass is 10.2. The number of nitrogens with one attached hydrogen (secondary N) is 1. The molecule has 0 unspecified atom stereocenters. The fourth-order valence-corrected chi connectivity index (χ4v) is 3.19. The van der Waals surface area contributed by atoms with Crippen molar-refractivity contribution < 1.29 is 9.53 Å². The first-order valence-electron chi connectivity index (χ1n) is 5.88. The van der Waals surface area contributed by atoms with E-state index in [1.165, 1.54) is 11.3 Å². The predicted octanol–water partition coefficient (Wildman–Crippen LogP) is 2.90. The highest BCUT2D eigenvalue weighted by Crippen LogP contribution is 2.37. The molecule has 19 heavy (non-hydrogen) atoms. The van der Waals surface area contributed by atoms with Crippen molar-refractivity contribution in [1.29, 1.82) is 0 Å². The van der Waals surface area contributed by atoms with Crippen molar-refractivity contribution in [3.63, 3.8) is 0 Å². The number of nitrogens with two attached hydrogens (primary N) is 1. The van der Waals surface area contributed by atoms with Crippen LogP contribution in [0.15, 0.2) is 18.2 Å². The van der Waals surface area contributed by atoms with Gasteiger partial charge in [-0.25, -0.2) is 0 Å². The molecule has 102 valence electrons. The number of fused-ring (bicyclic) bond motifs is 1. The molecule has 3 N–H and O–H groups in total. The number of ether oxygens (including phenoxy) is 1. The molecule has 0 fully saturated rings. The van der Waals surface area contributed by atoms with E-state index in [2.05, 4.69) is 5.32 Å². The molecular weight excluding hydrogens is 284 g/mol. The molecule has 1 aromatic carbocycles. The smallest absolute Gasteiger partial charge is 0.263 e. The molecule has 1 heterocycles. The van der Waals surface area contributed by atoms with Gasteiger partial charge in [-0.1, -0.05) is 17.7 Å². The van der Waals surface area contributed by atoms with E-state index >= 15 is 0 Å². The molecule has 1 aromatic heterocycles. The maximum atomic E-state index is 12.0. The molecule has 0 atom stereocenters. The van der Waals surface area contributed by atoms with Gasteiger partial charge in [0.25, 0.3) is 5.91 Å². The Morgan fingerprint density at radius 1 is 1.53 bits per heavy atom. The van der Waals surface area contributed by atoms with E-state index in [-0.39, 0.29) is 5.91 Å². The summed E-state index contributed by atoms with van der Waals surface area (Å²) < 4.78 is 5.85. The van der Waals surface area contributed by atoms with Gasteiger partial charge in [0.05, 0.1) is 10.7 Å². The number of benzene rings is 1. The summed E-state index contributed by atoms with van der Waals surface area (Å²) in [5, 5.41) is 4.16. The van der Waals surface area contributed by atoms with Crippen molar-refractivity contribution in [3.8, 4) is 0 Å². The van der Waals surface area contributed by atoms with Crippen molar-refractivity contribution in [2.45, 2.75) is 6.42 Å². The van der Waals surface area contributed by atoms with Gasteiger partial charge in [0, 0.05) is 30.3 Å². The Kier molecular flexibility index (Phi) is 4.63. The second-order valence-electron chi connectivity index (χ2n) is 4.06. The van der Waals surface area contributed by atoms with E-state index in [1.54, 1.807) is 13.2 Å². The first-order valence-corrected chi connectivity index (χ1v) is 7.08.